The average molecular weight is 576 g/mol. The Morgan fingerprint density at radius 3 is 2.22 bits per heavy atom. The minimum Gasteiger partial charge on any atom is -0.352 e. The summed E-state index contributed by atoms with van der Waals surface area (Å²) in [7, 11) is -4.08. The highest BCUT2D eigenvalue weighted by Crippen LogP contribution is 2.28. The van der Waals surface area contributed by atoms with Gasteiger partial charge in [0.25, 0.3) is 10.0 Å². The summed E-state index contributed by atoms with van der Waals surface area (Å²) < 4.78 is 29.1. The van der Waals surface area contributed by atoms with Gasteiger partial charge in [-0.05, 0) is 69.9 Å². The number of benzene rings is 3. The van der Waals surface area contributed by atoms with E-state index < -0.39 is 28.5 Å². The monoisotopic (exact) mass is 575 g/mol. The second-order valence-corrected chi connectivity index (χ2v) is 13.0. The maximum Gasteiger partial charge on any atom is 0.264 e. The van der Waals surface area contributed by atoms with E-state index >= 15 is 0 Å². The van der Waals surface area contributed by atoms with Gasteiger partial charge in [0, 0.05) is 12.6 Å². The van der Waals surface area contributed by atoms with Gasteiger partial charge in [-0.1, -0.05) is 85.0 Å². The first-order chi connectivity index (χ1) is 19.6. The third-order valence-electron chi connectivity index (χ3n) is 7.79. The summed E-state index contributed by atoms with van der Waals surface area (Å²) in [5, 5.41) is 3.14. The minimum absolute atomic E-state index is 0.0970. The van der Waals surface area contributed by atoms with Crippen molar-refractivity contribution in [1.82, 2.24) is 10.2 Å². The molecule has 0 unspecified atom stereocenters. The quantitative estimate of drug-likeness (QED) is 0.337. The molecule has 7 nitrogen and oxygen atoms in total. The van der Waals surface area contributed by atoms with Crippen LogP contribution in [-0.2, 0) is 26.2 Å². The van der Waals surface area contributed by atoms with Gasteiger partial charge in [0.1, 0.15) is 12.6 Å². The third-order valence-corrected chi connectivity index (χ3v) is 9.56. The van der Waals surface area contributed by atoms with Crippen molar-refractivity contribution in [3.63, 3.8) is 0 Å². The summed E-state index contributed by atoms with van der Waals surface area (Å²) in [5.74, 6) is -0.667. The van der Waals surface area contributed by atoms with Crippen LogP contribution in [0, 0.1) is 20.8 Å². The molecule has 0 bridgehead atoms. The fourth-order valence-corrected chi connectivity index (χ4v) is 6.98. The van der Waals surface area contributed by atoms with E-state index in [0.29, 0.717) is 5.69 Å². The van der Waals surface area contributed by atoms with E-state index in [1.807, 2.05) is 57.2 Å². The molecule has 218 valence electrons. The molecule has 2 amide bonds. The lowest BCUT2D eigenvalue weighted by atomic mass is 9.95. The molecular weight excluding hydrogens is 534 g/mol. The number of hydrogen-bond acceptors (Lipinski definition) is 4. The lowest BCUT2D eigenvalue weighted by Crippen LogP contribution is -2.53. The van der Waals surface area contributed by atoms with Crippen molar-refractivity contribution in [2.75, 3.05) is 10.8 Å². The van der Waals surface area contributed by atoms with Crippen molar-refractivity contribution in [3.05, 3.63) is 95.1 Å². The Kier molecular flexibility index (Phi) is 9.86. The van der Waals surface area contributed by atoms with Crippen LogP contribution >= 0.6 is 0 Å². The SMILES string of the molecule is Cc1cccc(CN(C(=O)CN(c2ccc(C)cc2C)S(=O)(=O)c2ccccc2)[C@@H](C)C(=O)NC2CCCCC2)c1. The van der Waals surface area contributed by atoms with Crippen LogP contribution in [0.2, 0.25) is 0 Å². The van der Waals surface area contributed by atoms with Gasteiger partial charge < -0.3 is 10.2 Å². The van der Waals surface area contributed by atoms with Crippen molar-refractivity contribution >= 4 is 27.5 Å². The lowest BCUT2D eigenvalue weighted by Gasteiger charge is -2.33. The maximum absolute atomic E-state index is 14.2. The summed E-state index contributed by atoms with van der Waals surface area (Å²) in [6.07, 6.45) is 5.19. The Balaban J connectivity index is 1.69. The molecule has 0 spiro atoms. The topological polar surface area (TPSA) is 86.8 Å². The van der Waals surface area contributed by atoms with E-state index in [2.05, 4.69) is 5.32 Å². The molecule has 3 aromatic carbocycles. The van der Waals surface area contributed by atoms with Crippen LogP contribution in [-0.4, -0.2) is 43.8 Å². The first kappa shape index (κ1) is 30.3. The molecule has 3 aromatic rings. The van der Waals surface area contributed by atoms with Crippen LogP contribution in [0.25, 0.3) is 0 Å². The number of rotatable bonds is 10. The van der Waals surface area contributed by atoms with Crippen molar-refractivity contribution in [2.45, 2.75) is 83.3 Å². The van der Waals surface area contributed by atoms with Gasteiger partial charge >= 0.3 is 0 Å². The zero-order valence-corrected chi connectivity index (χ0v) is 25.3. The number of nitrogens with zero attached hydrogens (tertiary/aromatic N) is 2. The number of anilines is 1. The van der Waals surface area contributed by atoms with E-state index in [1.165, 1.54) is 27.8 Å². The van der Waals surface area contributed by atoms with Gasteiger partial charge in [-0.25, -0.2) is 8.42 Å². The van der Waals surface area contributed by atoms with E-state index in [1.54, 1.807) is 31.2 Å². The minimum atomic E-state index is -4.08. The molecule has 1 N–H and O–H groups in total. The molecule has 1 aliphatic carbocycles. The van der Waals surface area contributed by atoms with Gasteiger partial charge in [0.2, 0.25) is 11.8 Å². The van der Waals surface area contributed by atoms with Gasteiger partial charge in [0.05, 0.1) is 10.6 Å². The molecular formula is C33H41N3O4S. The number of carbonyl (C=O) groups is 2. The highest BCUT2D eigenvalue weighted by atomic mass is 32.2. The molecule has 0 aliphatic heterocycles. The standard InChI is InChI=1S/C33H41N3O4S/c1-24-12-11-13-28(21-24)22-35(27(4)33(38)34-29-14-7-5-8-15-29)32(37)23-36(31-19-18-25(2)20-26(31)3)41(39,40)30-16-9-6-10-17-30/h6,9-13,16-21,27,29H,5,7-8,14-15,22-23H2,1-4H3,(H,34,38)/t27-/m0/s1. The van der Waals surface area contributed by atoms with Crippen LogP contribution in [0.3, 0.4) is 0 Å². The third kappa shape index (κ3) is 7.55. The first-order valence-electron chi connectivity index (χ1n) is 14.4. The van der Waals surface area contributed by atoms with E-state index in [0.717, 1.165) is 47.9 Å². The number of carbonyl (C=O) groups excluding carboxylic acids is 2. The Hall–Kier alpha value is -3.65. The summed E-state index contributed by atoms with van der Waals surface area (Å²) in [5.41, 5.74) is 4.08. The fraction of sp³-hybridized carbons (Fsp3) is 0.394. The summed E-state index contributed by atoms with van der Waals surface area (Å²) in [6.45, 7) is 7.22. The normalized spacial score (nSPS) is 14.7. The summed E-state index contributed by atoms with van der Waals surface area (Å²) in [6, 6.07) is 20.7. The van der Waals surface area contributed by atoms with E-state index in [4.69, 9.17) is 0 Å². The summed E-state index contributed by atoms with van der Waals surface area (Å²) >= 11 is 0. The first-order valence-corrected chi connectivity index (χ1v) is 15.8. The van der Waals surface area contributed by atoms with E-state index in [-0.39, 0.29) is 23.4 Å². The average Bonchev–Trinajstić information content (AvgIpc) is 2.95. The second-order valence-electron chi connectivity index (χ2n) is 11.1. The highest BCUT2D eigenvalue weighted by molar-refractivity contribution is 7.92. The van der Waals surface area contributed by atoms with Crippen LogP contribution in [0.4, 0.5) is 5.69 Å². The van der Waals surface area contributed by atoms with Crippen LogP contribution < -0.4 is 9.62 Å². The molecule has 1 fully saturated rings. The molecule has 1 atom stereocenters. The molecule has 4 rings (SSSR count). The lowest BCUT2D eigenvalue weighted by molar-refractivity contribution is -0.139. The Morgan fingerprint density at radius 1 is 0.878 bits per heavy atom. The van der Waals surface area contributed by atoms with Crippen LogP contribution in [0.5, 0.6) is 0 Å². The number of amides is 2. The molecule has 0 aromatic heterocycles. The van der Waals surface area contributed by atoms with Gasteiger partial charge in [-0.15, -0.1) is 0 Å². The zero-order valence-electron chi connectivity index (χ0n) is 24.5. The second kappa shape index (κ2) is 13.3. The van der Waals surface area contributed by atoms with Crippen LogP contribution in [0.1, 0.15) is 61.3 Å². The molecule has 8 heteroatoms. The number of nitrogens with one attached hydrogen (secondary N) is 1. The molecule has 0 saturated heterocycles. The van der Waals surface area contributed by atoms with Crippen molar-refractivity contribution in [2.24, 2.45) is 0 Å². The molecule has 41 heavy (non-hydrogen) atoms. The Morgan fingerprint density at radius 2 is 1.56 bits per heavy atom. The predicted octanol–water partition coefficient (Wildman–Crippen LogP) is 5.67. The van der Waals surface area contributed by atoms with Gasteiger partial charge in [-0.2, -0.15) is 0 Å². The van der Waals surface area contributed by atoms with Crippen molar-refractivity contribution in [3.8, 4) is 0 Å². The summed E-state index contributed by atoms with van der Waals surface area (Å²) in [4.78, 5) is 29.2. The van der Waals surface area contributed by atoms with Crippen molar-refractivity contribution < 1.29 is 18.0 Å². The predicted molar refractivity (Wildman–Crippen MR) is 163 cm³/mol. The maximum atomic E-state index is 14.2. The largest absolute Gasteiger partial charge is 0.352 e. The number of hydrogen-bond donors (Lipinski definition) is 1. The smallest absolute Gasteiger partial charge is 0.264 e. The van der Waals surface area contributed by atoms with Crippen molar-refractivity contribution in [1.29, 1.82) is 0 Å². The van der Waals surface area contributed by atoms with Crippen LogP contribution in [0.15, 0.2) is 77.7 Å². The fourth-order valence-electron chi connectivity index (χ4n) is 5.48. The zero-order chi connectivity index (χ0) is 29.6. The van der Waals surface area contributed by atoms with E-state index in [9.17, 15) is 18.0 Å². The number of aryl methyl sites for hydroxylation is 3. The Labute approximate surface area is 244 Å². The Bertz CT molecular complexity index is 1470. The molecule has 0 radical (unpaired) electrons. The number of sulfonamides is 1. The van der Waals surface area contributed by atoms with Gasteiger partial charge in [-0.3, -0.25) is 13.9 Å². The van der Waals surface area contributed by atoms with Gasteiger partial charge in [0.15, 0.2) is 0 Å². The molecule has 1 saturated carbocycles. The molecule has 1 aliphatic rings. The highest BCUT2D eigenvalue weighted by Gasteiger charge is 2.33. The molecule has 0 heterocycles.